The van der Waals surface area contributed by atoms with Gasteiger partial charge in [0.15, 0.2) is 17.0 Å². The van der Waals surface area contributed by atoms with Gasteiger partial charge in [0.05, 0.1) is 24.5 Å². The second kappa shape index (κ2) is 6.56. The number of rotatable bonds is 3. The molecule has 6 nitrogen and oxygen atoms in total. The van der Waals surface area contributed by atoms with Crippen molar-refractivity contribution in [2.45, 2.75) is 19.8 Å². The van der Waals surface area contributed by atoms with Crippen molar-refractivity contribution in [2.75, 3.05) is 7.11 Å². The molecule has 1 aromatic heterocycles. The Labute approximate surface area is 159 Å². The molecule has 6 heteroatoms. The maximum atomic E-state index is 13.2. The number of methoxy groups -OCH3 is 1. The zero-order valence-corrected chi connectivity index (χ0v) is 15.3. The van der Waals surface area contributed by atoms with Crippen LogP contribution in [0.4, 0.5) is 0 Å². The van der Waals surface area contributed by atoms with Crippen molar-refractivity contribution in [3.8, 4) is 0 Å². The van der Waals surface area contributed by atoms with Gasteiger partial charge in [-0.3, -0.25) is 19.2 Å². The molecule has 0 aliphatic heterocycles. The van der Waals surface area contributed by atoms with E-state index in [2.05, 4.69) is 0 Å². The van der Waals surface area contributed by atoms with Crippen LogP contribution in [-0.4, -0.2) is 24.6 Å². The largest absolute Gasteiger partial charge is 0.469 e. The highest BCUT2D eigenvalue weighted by Crippen LogP contribution is 2.34. The van der Waals surface area contributed by atoms with Crippen molar-refractivity contribution in [2.24, 2.45) is 0 Å². The summed E-state index contributed by atoms with van der Waals surface area (Å²) < 4.78 is 10.6. The molecule has 0 atom stereocenters. The third-order valence-electron chi connectivity index (χ3n) is 4.93. The van der Waals surface area contributed by atoms with E-state index in [0.29, 0.717) is 17.7 Å². The van der Waals surface area contributed by atoms with Crippen molar-refractivity contribution < 1.29 is 23.5 Å². The predicted molar refractivity (Wildman–Crippen MR) is 101 cm³/mol. The number of ether oxygens (including phenoxy) is 1. The summed E-state index contributed by atoms with van der Waals surface area (Å²) in [5.41, 5.74) is 0.750. The summed E-state index contributed by atoms with van der Waals surface area (Å²) in [5.74, 6) is -0.886. The Morgan fingerprint density at radius 2 is 1.68 bits per heavy atom. The monoisotopic (exact) mass is 376 g/mol. The van der Waals surface area contributed by atoms with E-state index in [1.54, 1.807) is 24.3 Å². The van der Waals surface area contributed by atoms with Crippen LogP contribution in [0.25, 0.3) is 11.0 Å². The van der Waals surface area contributed by atoms with Gasteiger partial charge in [0.1, 0.15) is 11.3 Å². The molecule has 0 unspecified atom stereocenters. The van der Waals surface area contributed by atoms with Gasteiger partial charge < -0.3 is 9.15 Å². The van der Waals surface area contributed by atoms with Crippen molar-refractivity contribution in [1.82, 2.24) is 0 Å². The number of hydrogen-bond acceptors (Lipinski definition) is 6. The molecule has 140 valence electrons. The van der Waals surface area contributed by atoms with Gasteiger partial charge in [-0.15, -0.1) is 0 Å². The van der Waals surface area contributed by atoms with E-state index in [-0.39, 0.29) is 56.6 Å². The number of hydrogen-bond donors (Lipinski definition) is 0. The van der Waals surface area contributed by atoms with Crippen LogP contribution in [0.15, 0.2) is 45.6 Å². The molecule has 3 aromatic rings. The highest BCUT2D eigenvalue weighted by molar-refractivity contribution is 6.31. The van der Waals surface area contributed by atoms with E-state index in [9.17, 15) is 19.2 Å². The Morgan fingerprint density at radius 3 is 2.32 bits per heavy atom. The number of esters is 1. The first kappa shape index (κ1) is 17.9. The fourth-order valence-corrected chi connectivity index (χ4v) is 3.57. The molecule has 0 N–H and O–H groups in total. The molecule has 0 saturated carbocycles. The van der Waals surface area contributed by atoms with Crippen LogP contribution < -0.4 is 5.43 Å². The maximum Gasteiger partial charge on any atom is 0.310 e. The first-order valence-electron chi connectivity index (χ1n) is 8.84. The SMILES string of the molecule is CCc1cc(=O)c2c(CC(=O)OC)cc3c(c2o1)C(=O)c1ccccc1C3=O. The van der Waals surface area contributed by atoms with Crippen LogP contribution >= 0.6 is 0 Å². The smallest absolute Gasteiger partial charge is 0.310 e. The molecule has 4 rings (SSSR count). The molecule has 28 heavy (non-hydrogen) atoms. The van der Waals surface area contributed by atoms with E-state index in [1.165, 1.54) is 19.2 Å². The van der Waals surface area contributed by atoms with Gasteiger partial charge in [0, 0.05) is 29.2 Å². The number of benzene rings is 2. The molecule has 0 fully saturated rings. The van der Waals surface area contributed by atoms with Crippen molar-refractivity contribution >= 4 is 28.5 Å². The van der Waals surface area contributed by atoms with Crippen molar-refractivity contribution in [3.05, 3.63) is 80.2 Å². The minimum atomic E-state index is -0.560. The van der Waals surface area contributed by atoms with Gasteiger partial charge >= 0.3 is 5.97 Å². The van der Waals surface area contributed by atoms with E-state index >= 15 is 0 Å². The minimum absolute atomic E-state index is 0.0496. The molecule has 0 radical (unpaired) electrons. The Balaban J connectivity index is 2.12. The summed E-state index contributed by atoms with van der Waals surface area (Å²) >= 11 is 0. The molecular weight excluding hydrogens is 360 g/mol. The maximum absolute atomic E-state index is 13.2. The Kier molecular flexibility index (Phi) is 4.19. The van der Waals surface area contributed by atoms with Crippen LogP contribution in [-0.2, 0) is 22.4 Å². The fraction of sp³-hybridized carbons (Fsp3) is 0.182. The third kappa shape index (κ3) is 2.57. The van der Waals surface area contributed by atoms with Crippen molar-refractivity contribution in [1.29, 1.82) is 0 Å². The zero-order valence-electron chi connectivity index (χ0n) is 15.3. The lowest BCUT2D eigenvalue weighted by Gasteiger charge is -2.20. The second-order valence-corrected chi connectivity index (χ2v) is 6.55. The van der Waals surface area contributed by atoms with Crippen LogP contribution in [0.5, 0.6) is 0 Å². The summed E-state index contributed by atoms with van der Waals surface area (Å²) in [6.45, 7) is 1.82. The standard InChI is InChI=1S/C22H16O6/c1-3-12-10-16(23)18-11(9-17(24)27-2)8-15-19(22(18)28-12)21(26)14-7-5-4-6-13(14)20(15)25/h4-8,10H,3,9H2,1-2H3. The second-order valence-electron chi connectivity index (χ2n) is 6.55. The van der Waals surface area contributed by atoms with Gasteiger partial charge in [-0.1, -0.05) is 31.2 Å². The number of fused-ring (bicyclic) bond motifs is 4. The lowest BCUT2D eigenvalue weighted by Crippen LogP contribution is -2.23. The molecule has 0 saturated heterocycles. The number of ketones is 2. The first-order chi connectivity index (χ1) is 13.5. The van der Waals surface area contributed by atoms with Gasteiger partial charge in [-0.05, 0) is 11.6 Å². The minimum Gasteiger partial charge on any atom is -0.469 e. The van der Waals surface area contributed by atoms with Crippen LogP contribution in [0, 0.1) is 0 Å². The lowest BCUT2D eigenvalue weighted by atomic mass is 9.81. The quantitative estimate of drug-likeness (QED) is 0.511. The van der Waals surface area contributed by atoms with Gasteiger partial charge in [0.2, 0.25) is 0 Å². The van der Waals surface area contributed by atoms with Crippen LogP contribution in [0.2, 0.25) is 0 Å². The summed E-state index contributed by atoms with van der Waals surface area (Å²) in [6.07, 6.45) is 0.236. The van der Waals surface area contributed by atoms with E-state index in [1.807, 2.05) is 6.92 Å². The zero-order chi connectivity index (χ0) is 20.0. The summed E-state index contributed by atoms with van der Waals surface area (Å²) in [7, 11) is 1.24. The van der Waals surface area contributed by atoms with E-state index in [4.69, 9.17) is 9.15 Å². The summed E-state index contributed by atoms with van der Waals surface area (Å²) in [4.78, 5) is 50.8. The Hall–Kier alpha value is -3.54. The van der Waals surface area contributed by atoms with E-state index in [0.717, 1.165) is 0 Å². The highest BCUT2D eigenvalue weighted by Gasteiger charge is 2.34. The Morgan fingerprint density at radius 1 is 1.00 bits per heavy atom. The topological polar surface area (TPSA) is 90.7 Å². The van der Waals surface area contributed by atoms with Gasteiger partial charge in [0.25, 0.3) is 0 Å². The molecule has 0 spiro atoms. The molecule has 0 amide bonds. The summed E-state index contributed by atoms with van der Waals surface area (Å²) in [5, 5.41) is 0.127. The van der Waals surface area contributed by atoms with Crippen LogP contribution in [0.3, 0.4) is 0 Å². The predicted octanol–water partition coefficient (Wildman–Crippen LogP) is 2.85. The normalized spacial score (nSPS) is 12.6. The number of aryl methyl sites for hydroxylation is 1. The number of carbonyl (C=O) groups excluding carboxylic acids is 3. The fourth-order valence-electron chi connectivity index (χ4n) is 3.57. The third-order valence-corrected chi connectivity index (χ3v) is 4.93. The van der Waals surface area contributed by atoms with Gasteiger partial charge in [-0.25, -0.2) is 0 Å². The molecule has 0 bridgehead atoms. The molecule has 1 aliphatic carbocycles. The highest BCUT2D eigenvalue weighted by atomic mass is 16.5. The average Bonchev–Trinajstić information content (AvgIpc) is 2.71. The molecule has 1 aliphatic rings. The summed E-state index contributed by atoms with van der Waals surface area (Å²) in [6, 6.07) is 9.30. The van der Waals surface area contributed by atoms with Gasteiger partial charge in [-0.2, -0.15) is 0 Å². The first-order valence-corrected chi connectivity index (χ1v) is 8.84. The Bertz CT molecular complexity index is 1230. The van der Waals surface area contributed by atoms with Crippen molar-refractivity contribution in [3.63, 3.8) is 0 Å². The molecule has 1 heterocycles. The van der Waals surface area contributed by atoms with E-state index < -0.39 is 5.97 Å². The lowest BCUT2D eigenvalue weighted by molar-refractivity contribution is -0.139. The number of carbonyl (C=O) groups is 3. The molecule has 2 aromatic carbocycles. The van der Waals surface area contributed by atoms with Crippen LogP contribution in [0.1, 0.15) is 50.1 Å². The molecular formula is C22H16O6. The average molecular weight is 376 g/mol.